The molecule has 2 N–H and O–H groups in total. The van der Waals surface area contributed by atoms with E-state index < -0.39 is 23.8 Å². The van der Waals surface area contributed by atoms with Gasteiger partial charge in [-0.2, -0.15) is 0 Å². The van der Waals surface area contributed by atoms with E-state index in [0.717, 1.165) is 36.8 Å². The minimum Gasteiger partial charge on any atom is -0.444 e. The third kappa shape index (κ3) is 11.4. The lowest BCUT2D eigenvalue weighted by Gasteiger charge is -2.37. The van der Waals surface area contributed by atoms with Crippen molar-refractivity contribution >= 4 is 17.9 Å². The fourth-order valence-electron chi connectivity index (χ4n) is 4.43. The molecule has 1 aromatic carbocycles. The Labute approximate surface area is 231 Å². The number of benzene rings is 1. The molecule has 0 heterocycles. The number of amides is 3. The molecule has 0 saturated heterocycles. The van der Waals surface area contributed by atoms with E-state index in [0.29, 0.717) is 13.0 Å². The summed E-state index contributed by atoms with van der Waals surface area (Å²) in [5.74, 6) is -0.618. The molecule has 0 spiro atoms. The maximum Gasteiger partial charge on any atom is 0.408 e. The molecule has 1 rings (SSSR count). The molecule has 3 atom stereocenters. The van der Waals surface area contributed by atoms with Gasteiger partial charge in [0.1, 0.15) is 17.7 Å². The first-order valence-electron chi connectivity index (χ1n) is 14.5. The molecular formula is C31H53N3O4. The SMILES string of the molecule is CCCCCCCCN(C(=O)C(NC(=O)OC(C)(C)C)C(C)CC)C(C(=O)NC(C)C)c1ccccc1C. The minimum atomic E-state index is -0.812. The highest BCUT2D eigenvalue weighted by Gasteiger charge is 2.38. The van der Waals surface area contributed by atoms with Gasteiger partial charge in [-0.05, 0) is 65.0 Å². The lowest BCUT2D eigenvalue weighted by Crippen LogP contribution is -2.55. The largest absolute Gasteiger partial charge is 0.444 e. The summed E-state index contributed by atoms with van der Waals surface area (Å²) in [5, 5.41) is 5.87. The van der Waals surface area contributed by atoms with Gasteiger partial charge in [-0.25, -0.2) is 4.79 Å². The fraction of sp³-hybridized carbons (Fsp3) is 0.710. The topological polar surface area (TPSA) is 87.7 Å². The van der Waals surface area contributed by atoms with Gasteiger partial charge in [0, 0.05) is 12.6 Å². The van der Waals surface area contributed by atoms with Crippen LogP contribution in [0.2, 0.25) is 0 Å². The third-order valence-electron chi connectivity index (χ3n) is 6.66. The summed E-state index contributed by atoms with van der Waals surface area (Å²) >= 11 is 0. The van der Waals surface area contributed by atoms with Crippen LogP contribution in [0.3, 0.4) is 0 Å². The van der Waals surface area contributed by atoms with Crippen LogP contribution < -0.4 is 10.6 Å². The van der Waals surface area contributed by atoms with Crippen molar-refractivity contribution in [2.24, 2.45) is 5.92 Å². The van der Waals surface area contributed by atoms with Gasteiger partial charge in [0.15, 0.2) is 0 Å². The molecule has 0 bridgehead atoms. The number of hydrogen-bond acceptors (Lipinski definition) is 4. The van der Waals surface area contributed by atoms with Crippen molar-refractivity contribution in [3.05, 3.63) is 35.4 Å². The molecule has 3 amide bonds. The average molecular weight is 532 g/mol. The molecular weight excluding hydrogens is 478 g/mol. The van der Waals surface area contributed by atoms with Gasteiger partial charge in [-0.3, -0.25) is 9.59 Å². The van der Waals surface area contributed by atoms with Crippen LogP contribution in [0.15, 0.2) is 24.3 Å². The number of aryl methyl sites for hydroxylation is 1. The number of carbonyl (C=O) groups is 3. The maximum atomic E-state index is 14.3. The summed E-state index contributed by atoms with van der Waals surface area (Å²) < 4.78 is 5.49. The Hall–Kier alpha value is -2.57. The van der Waals surface area contributed by atoms with E-state index in [1.807, 2.05) is 58.9 Å². The number of rotatable bonds is 15. The number of nitrogens with zero attached hydrogens (tertiary/aromatic N) is 1. The van der Waals surface area contributed by atoms with Gasteiger partial charge in [0.05, 0.1) is 0 Å². The second-order valence-electron chi connectivity index (χ2n) is 11.7. The Kier molecular flexibility index (Phi) is 14.4. The van der Waals surface area contributed by atoms with Crippen LogP contribution >= 0.6 is 0 Å². The molecule has 3 unspecified atom stereocenters. The monoisotopic (exact) mass is 531 g/mol. The zero-order chi connectivity index (χ0) is 28.9. The standard InChI is InChI=1S/C31H53N3O4/c1-10-12-13-14-15-18-21-34(27(28(35)32-22(3)4)25-20-17-16-19-24(25)6)29(36)26(23(5)11-2)33-30(37)38-31(7,8)9/h16-17,19-20,22-23,26-27H,10-15,18,21H2,1-9H3,(H,32,35)(H,33,37). The summed E-state index contributed by atoms with van der Waals surface area (Å²) in [4.78, 5) is 42.4. The first-order chi connectivity index (χ1) is 17.8. The van der Waals surface area contributed by atoms with Crippen LogP contribution in [0.1, 0.15) is 118 Å². The highest BCUT2D eigenvalue weighted by atomic mass is 16.6. The number of ether oxygens (including phenoxy) is 1. The number of nitrogens with one attached hydrogen (secondary N) is 2. The van der Waals surface area contributed by atoms with Gasteiger partial charge in [-0.15, -0.1) is 0 Å². The van der Waals surface area contributed by atoms with Gasteiger partial charge in [0.2, 0.25) is 11.8 Å². The van der Waals surface area contributed by atoms with E-state index in [-0.39, 0.29) is 23.8 Å². The lowest BCUT2D eigenvalue weighted by molar-refractivity contribution is -0.143. The molecule has 0 radical (unpaired) electrons. The van der Waals surface area contributed by atoms with Gasteiger partial charge < -0.3 is 20.3 Å². The van der Waals surface area contributed by atoms with E-state index in [9.17, 15) is 14.4 Å². The molecule has 0 saturated carbocycles. The Balaban J connectivity index is 3.46. The molecule has 7 nitrogen and oxygen atoms in total. The van der Waals surface area contributed by atoms with Crippen molar-refractivity contribution in [2.45, 2.75) is 131 Å². The van der Waals surface area contributed by atoms with Crippen LogP contribution in [0.25, 0.3) is 0 Å². The van der Waals surface area contributed by atoms with Crippen LogP contribution in [0.4, 0.5) is 4.79 Å². The van der Waals surface area contributed by atoms with E-state index in [4.69, 9.17) is 4.74 Å². The summed E-state index contributed by atoms with van der Waals surface area (Å²) in [6.45, 7) is 17.7. The molecule has 216 valence electrons. The van der Waals surface area contributed by atoms with Crippen molar-refractivity contribution in [2.75, 3.05) is 6.54 Å². The summed E-state index contributed by atoms with van der Waals surface area (Å²) in [6.07, 6.45) is 6.43. The molecule has 0 fully saturated rings. The fourth-order valence-corrected chi connectivity index (χ4v) is 4.43. The first kappa shape index (κ1) is 33.5. The van der Waals surface area contributed by atoms with Crippen molar-refractivity contribution in [1.82, 2.24) is 15.5 Å². The predicted octanol–water partition coefficient (Wildman–Crippen LogP) is 6.69. The number of carbonyl (C=O) groups excluding carboxylic acids is 3. The van der Waals surface area contributed by atoms with Crippen molar-refractivity contribution in [3.8, 4) is 0 Å². The zero-order valence-electron chi connectivity index (χ0n) is 25.4. The molecule has 0 aliphatic carbocycles. The van der Waals surface area contributed by atoms with Crippen LogP contribution in [0.5, 0.6) is 0 Å². The Morgan fingerprint density at radius 1 is 0.921 bits per heavy atom. The first-order valence-corrected chi connectivity index (χ1v) is 14.5. The van der Waals surface area contributed by atoms with Crippen molar-refractivity contribution in [3.63, 3.8) is 0 Å². The van der Waals surface area contributed by atoms with Crippen LogP contribution in [-0.2, 0) is 14.3 Å². The maximum absolute atomic E-state index is 14.3. The van der Waals surface area contributed by atoms with E-state index in [1.165, 1.54) is 12.8 Å². The minimum absolute atomic E-state index is 0.0785. The van der Waals surface area contributed by atoms with Crippen molar-refractivity contribution in [1.29, 1.82) is 0 Å². The number of alkyl carbamates (subject to hydrolysis) is 1. The number of unbranched alkanes of at least 4 members (excludes halogenated alkanes) is 5. The number of hydrogen-bond donors (Lipinski definition) is 2. The Morgan fingerprint density at radius 2 is 1.53 bits per heavy atom. The van der Waals surface area contributed by atoms with E-state index in [1.54, 1.807) is 25.7 Å². The second-order valence-corrected chi connectivity index (χ2v) is 11.7. The quantitative estimate of drug-likeness (QED) is 0.247. The average Bonchev–Trinajstić information content (AvgIpc) is 2.82. The highest BCUT2D eigenvalue weighted by Crippen LogP contribution is 2.28. The smallest absolute Gasteiger partial charge is 0.408 e. The van der Waals surface area contributed by atoms with Crippen molar-refractivity contribution < 1.29 is 19.1 Å². The highest BCUT2D eigenvalue weighted by molar-refractivity contribution is 5.92. The van der Waals surface area contributed by atoms with Gasteiger partial charge in [0.25, 0.3) is 0 Å². The third-order valence-corrected chi connectivity index (χ3v) is 6.66. The molecule has 1 aromatic rings. The molecule has 0 aliphatic rings. The zero-order valence-corrected chi connectivity index (χ0v) is 25.4. The summed E-state index contributed by atoms with van der Waals surface area (Å²) in [6, 6.07) is 6.02. The second kappa shape index (κ2) is 16.4. The summed E-state index contributed by atoms with van der Waals surface area (Å²) in [7, 11) is 0. The van der Waals surface area contributed by atoms with Gasteiger partial charge >= 0.3 is 6.09 Å². The van der Waals surface area contributed by atoms with Gasteiger partial charge in [-0.1, -0.05) is 83.6 Å². The molecule has 38 heavy (non-hydrogen) atoms. The van der Waals surface area contributed by atoms with E-state index in [2.05, 4.69) is 17.6 Å². The molecule has 0 aromatic heterocycles. The normalized spacial score (nSPS) is 13.9. The Morgan fingerprint density at radius 3 is 2.08 bits per heavy atom. The molecule has 7 heteroatoms. The van der Waals surface area contributed by atoms with E-state index >= 15 is 0 Å². The summed E-state index contributed by atoms with van der Waals surface area (Å²) in [5.41, 5.74) is 1.05. The predicted molar refractivity (Wildman–Crippen MR) is 155 cm³/mol. The molecule has 0 aliphatic heterocycles. The van der Waals surface area contributed by atoms with Crippen LogP contribution in [0, 0.1) is 12.8 Å². The van der Waals surface area contributed by atoms with Crippen LogP contribution in [-0.4, -0.2) is 47.0 Å². The Bertz CT molecular complexity index is 878. The lowest BCUT2D eigenvalue weighted by atomic mass is 9.94.